The molecule has 4 unspecified atom stereocenters. The van der Waals surface area contributed by atoms with Crippen LogP contribution in [0.5, 0.6) is 5.75 Å². The maximum Gasteiger partial charge on any atom is 0.335 e. The van der Waals surface area contributed by atoms with Gasteiger partial charge in [-0.3, -0.25) is 4.79 Å². The number of benzene rings is 2. The van der Waals surface area contributed by atoms with E-state index < -0.39 is 5.97 Å². The molecule has 3 aliphatic rings. The zero-order chi connectivity index (χ0) is 21.3. The minimum absolute atomic E-state index is 0.116. The van der Waals surface area contributed by atoms with E-state index in [4.69, 9.17) is 9.84 Å². The number of hydrogen-bond donors (Lipinski definition) is 1. The van der Waals surface area contributed by atoms with Crippen LogP contribution < -0.4 is 4.74 Å². The van der Waals surface area contributed by atoms with Crippen LogP contribution in [-0.2, 0) is 5.41 Å². The van der Waals surface area contributed by atoms with Gasteiger partial charge in [0.1, 0.15) is 11.4 Å². The molecule has 2 bridgehead atoms. The number of aromatic carboxylic acids is 1. The predicted octanol–water partition coefficient (Wildman–Crippen LogP) is 4.85. The third-order valence-electron chi connectivity index (χ3n) is 8.28. The lowest BCUT2D eigenvalue weighted by atomic mass is 9.56. The number of ketones is 1. The molecule has 1 heterocycles. The van der Waals surface area contributed by atoms with Gasteiger partial charge in [0.15, 0.2) is 0 Å². The molecule has 2 aromatic carbocycles. The lowest BCUT2D eigenvalue weighted by molar-refractivity contribution is -0.0260. The molecule has 152 valence electrons. The lowest BCUT2D eigenvalue weighted by Crippen LogP contribution is -2.54. The van der Waals surface area contributed by atoms with Crippen molar-refractivity contribution < 1.29 is 19.4 Å². The van der Waals surface area contributed by atoms with E-state index in [2.05, 4.69) is 32.6 Å². The average molecular weight is 400 g/mol. The Kier molecular flexibility index (Phi) is 3.78. The second-order valence-corrected chi connectivity index (χ2v) is 9.51. The van der Waals surface area contributed by atoms with Gasteiger partial charge in [0, 0.05) is 22.1 Å². The third kappa shape index (κ3) is 2.29. The third-order valence-corrected chi connectivity index (χ3v) is 8.28. The molecule has 0 radical (unpaired) electrons. The van der Waals surface area contributed by atoms with Gasteiger partial charge >= 0.3 is 5.97 Å². The summed E-state index contributed by atoms with van der Waals surface area (Å²) in [5, 5.41) is 8.98. The minimum Gasteiger partial charge on any atom is -0.486 e. The first-order valence-corrected chi connectivity index (χ1v) is 10.4. The summed E-state index contributed by atoms with van der Waals surface area (Å²) in [6.45, 7) is 6.91. The number of rotatable bonds is 2. The molecular formula is C26H24O4. The molecule has 0 spiro atoms. The molecule has 0 saturated heterocycles. The first-order chi connectivity index (χ1) is 14.2. The van der Waals surface area contributed by atoms with E-state index in [0.717, 1.165) is 11.3 Å². The Morgan fingerprint density at radius 3 is 2.47 bits per heavy atom. The molecule has 2 saturated carbocycles. The highest BCUT2D eigenvalue weighted by Gasteiger charge is 2.73. The molecule has 5 rings (SSSR count). The molecule has 4 heteroatoms. The Labute approximate surface area is 176 Å². The largest absolute Gasteiger partial charge is 0.486 e. The van der Waals surface area contributed by atoms with Crippen molar-refractivity contribution >= 4 is 11.8 Å². The van der Waals surface area contributed by atoms with Crippen molar-refractivity contribution in [3.63, 3.8) is 0 Å². The molecule has 0 amide bonds. The van der Waals surface area contributed by atoms with Gasteiger partial charge in [-0.15, -0.1) is 0 Å². The molecule has 2 aromatic rings. The summed E-state index contributed by atoms with van der Waals surface area (Å²) in [6, 6.07) is 11.9. The van der Waals surface area contributed by atoms with E-state index in [0.29, 0.717) is 17.0 Å². The summed E-state index contributed by atoms with van der Waals surface area (Å²) in [6.07, 6.45) is 3.56. The van der Waals surface area contributed by atoms with Crippen LogP contribution in [0, 0.1) is 23.2 Å². The summed E-state index contributed by atoms with van der Waals surface area (Å²) >= 11 is 0. The molecule has 4 atom stereocenters. The van der Waals surface area contributed by atoms with Crippen LogP contribution in [0.3, 0.4) is 0 Å². The van der Waals surface area contributed by atoms with Gasteiger partial charge in [0.2, 0.25) is 5.78 Å². The quantitative estimate of drug-likeness (QED) is 0.578. The minimum atomic E-state index is -0.985. The van der Waals surface area contributed by atoms with Crippen LogP contribution in [0.15, 0.2) is 42.5 Å². The van der Waals surface area contributed by atoms with Crippen molar-refractivity contribution in [1.29, 1.82) is 0 Å². The SMILES string of the molecule is CC12CCC(C1)C1(C)Oc3ccc(C(=O)C#Cc4ccc(C(=O)O)cc4)cc3C21C. The van der Waals surface area contributed by atoms with Crippen molar-refractivity contribution in [3.8, 4) is 17.6 Å². The standard InChI is InChI=1S/C26H24O4/c1-24-13-12-19(15-24)26(3)25(24,2)20-14-18(9-11-22(20)30-26)21(27)10-6-16-4-7-17(8-5-16)23(28)29/h4-5,7-9,11,14,19H,12-13,15H2,1-3H3,(H,28,29). The van der Waals surface area contributed by atoms with E-state index in [1.165, 1.54) is 31.4 Å². The summed E-state index contributed by atoms with van der Waals surface area (Å²) in [5.41, 5.74) is 2.35. The number of Topliss-reactive ketones (excluding diaryl/α,β-unsaturated/α-hetero) is 1. The van der Waals surface area contributed by atoms with Gasteiger partial charge in [-0.1, -0.05) is 19.8 Å². The van der Waals surface area contributed by atoms with Crippen molar-refractivity contribution in [2.24, 2.45) is 11.3 Å². The highest BCUT2D eigenvalue weighted by molar-refractivity contribution is 6.09. The highest BCUT2D eigenvalue weighted by atomic mass is 16.5. The van der Waals surface area contributed by atoms with Crippen molar-refractivity contribution in [3.05, 3.63) is 64.7 Å². The van der Waals surface area contributed by atoms with E-state index >= 15 is 0 Å². The molecule has 2 fully saturated rings. The molecular weight excluding hydrogens is 376 g/mol. The first kappa shape index (κ1) is 18.9. The fourth-order valence-corrected chi connectivity index (χ4v) is 6.23. The Morgan fingerprint density at radius 2 is 1.77 bits per heavy atom. The summed E-state index contributed by atoms with van der Waals surface area (Å²) in [5.74, 6) is 5.77. The summed E-state index contributed by atoms with van der Waals surface area (Å²) in [7, 11) is 0. The Hall–Kier alpha value is -3.06. The number of carboxylic acids is 1. The summed E-state index contributed by atoms with van der Waals surface area (Å²) in [4.78, 5) is 23.8. The number of carboxylic acid groups (broad SMARTS) is 1. The molecule has 1 aliphatic heterocycles. The Morgan fingerprint density at radius 1 is 1.07 bits per heavy atom. The fourth-order valence-electron chi connectivity index (χ4n) is 6.23. The van der Waals surface area contributed by atoms with Crippen molar-refractivity contribution in [1.82, 2.24) is 0 Å². The number of fused-ring (bicyclic) bond motifs is 7. The molecule has 30 heavy (non-hydrogen) atoms. The normalized spacial score (nSPS) is 32.6. The van der Waals surface area contributed by atoms with Crippen LogP contribution in [0.2, 0.25) is 0 Å². The van der Waals surface area contributed by atoms with Crippen molar-refractivity contribution in [2.45, 2.75) is 51.0 Å². The first-order valence-electron chi connectivity index (χ1n) is 10.4. The Balaban J connectivity index is 1.47. The smallest absolute Gasteiger partial charge is 0.335 e. The van der Waals surface area contributed by atoms with Gasteiger partial charge in [-0.25, -0.2) is 4.79 Å². The predicted molar refractivity (Wildman–Crippen MR) is 113 cm³/mol. The second kappa shape index (κ2) is 5.98. The van der Waals surface area contributed by atoms with Crippen LogP contribution in [0.4, 0.5) is 0 Å². The van der Waals surface area contributed by atoms with Gasteiger partial charge in [-0.05, 0) is 85.9 Å². The number of hydrogen-bond acceptors (Lipinski definition) is 3. The van der Waals surface area contributed by atoms with E-state index in [1.807, 2.05) is 12.1 Å². The Bertz CT molecular complexity index is 1150. The van der Waals surface area contributed by atoms with Crippen LogP contribution in [0.25, 0.3) is 0 Å². The van der Waals surface area contributed by atoms with Crippen molar-refractivity contribution in [2.75, 3.05) is 0 Å². The zero-order valence-electron chi connectivity index (χ0n) is 17.4. The van der Waals surface area contributed by atoms with Crippen LogP contribution >= 0.6 is 0 Å². The van der Waals surface area contributed by atoms with Gasteiger partial charge < -0.3 is 9.84 Å². The van der Waals surface area contributed by atoms with Gasteiger partial charge in [0.25, 0.3) is 0 Å². The highest BCUT2D eigenvalue weighted by Crippen LogP contribution is 2.73. The summed E-state index contributed by atoms with van der Waals surface area (Å²) < 4.78 is 6.52. The molecule has 2 aliphatic carbocycles. The second-order valence-electron chi connectivity index (χ2n) is 9.51. The lowest BCUT2D eigenvalue weighted by Gasteiger charge is -2.48. The van der Waals surface area contributed by atoms with Crippen LogP contribution in [-0.4, -0.2) is 22.5 Å². The molecule has 0 aromatic heterocycles. The van der Waals surface area contributed by atoms with E-state index in [9.17, 15) is 9.59 Å². The molecule has 1 N–H and O–H groups in total. The van der Waals surface area contributed by atoms with E-state index in [1.54, 1.807) is 18.2 Å². The maximum atomic E-state index is 12.8. The van der Waals surface area contributed by atoms with Gasteiger partial charge in [0.05, 0.1) is 5.56 Å². The maximum absolute atomic E-state index is 12.8. The zero-order valence-corrected chi connectivity index (χ0v) is 17.4. The topological polar surface area (TPSA) is 63.6 Å². The number of carbonyl (C=O) groups is 2. The molecule has 4 nitrogen and oxygen atoms in total. The van der Waals surface area contributed by atoms with Gasteiger partial charge in [-0.2, -0.15) is 0 Å². The van der Waals surface area contributed by atoms with Crippen LogP contribution in [0.1, 0.15) is 71.9 Å². The monoisotopic (exact) mass is 400 g/mol. The van der Waals surface area contributed by atoms with E-state index in [-0.39, 0.29) is 27.8 Å². The average Bonchev–Trinajstić information content (AvgIpc) is 3.30. The number of carbonyl (C=O) groups excluding carboxylic acids is 1. The number of ether oxygens (including phenoxy) is 1. The fraction of sp³-hybridized carbons (Fsp3) is 0.385.